The van der Waals surface area contributed by atoms with Crippen LogP contribution in [0.2, 0.25) is 0 Å². The van der Waals surface area contributed by atoms with Gasteiger partial charge in [0.2, 0.25) is 21.8 Å². The van der Waals surface area contributed by atoms with Gasteiger partial charge in [0, 0.05) is 41.8 Å². The molecule has 1 saturated heterocycles. The predicted octanol–water partition coefficient (Wildman–Crippen LogP) is 8.66. The summed E-state index contributed by atoms with van der Waals surface area (Å²) in [6.45, 7) is 3.51. The van der Waals surface area contributed by atoms with Crippen LogP contribution >= 0.6 is 11.8 Å². The number of sulfonamides is 1. The maximum Gasteiger partial charge on any atom is 0.241 e. The lowest BCUT2D eigenvalue weighted by Gasteiger charge is -2.36. The lowest BCUT2D eigenvalue weighted by Crippen LogP contribution is -2.47. The SMILES string of the molecule is CC(=O)Nc1ccc(SC[C@H]2C[C@@H](c3ccc(CO)cc3)O[C@@H](c3cccc(-c4cccc(CNC(=O)[C@@H](Cc5ccccc5)NS(=O)(=O)c5ccc(C)cc5)c4)c3)O2)cc1. The van der Waals surface area contributed by atoms with Crippen LogP contribution in [0.5, 0.6) is 0 Å². The highest BCUT2D eigenvalue weighted by atomic mass is 32.2. The summed E-state index contributed by atoms with van der Waals surface area (Å²) in [7, 11) is -3.98. The van der Waals surface area contributed by atoms with E-state index < -0.39 is 28.3 Å². The van der Waals surface area contributed by atoms with Gasteiger partial charge in [-0.15, -0.1) is 11.8 Å². The van der Waals surface area contributed by atoms with E-state index >= 15 is 0 Å². The minimum absolute atomic E-state index is 0.0389. The molecule has 0 radical (unpaired) electrons. The van der Waals surface area contributed by atoms with Crippen molar-refractivity contribution in [3.05, 3.63) is 185 Å². The first-order chi connectivity index (χ1) is 29.5. The van der Waals surface area contributed by atoms with Crippen molar-refractivity contribution in [2.75, 3.05) is 11.1 Å². The Kier molecular flexibility index (Phi) is 14.5. The maximum absolute atomic E-state index is 13.7. The molecule has 10 nitrogen and oxygen atoms in total. The summed E-state index contributed by atoms with van der Waals surface area (Å²) in [6.07, 6.45) is -0.237. The summed E-state index contributed by atoms with van der Waals surface area (Å²) >= 11 is 1.68. The molecule has 0 aromatic heterocycles. The van der Waals surface area contributed by atoms with Crippen molar-refractivity contribution < 1.29 is 32.6 Å². The Morgan fingerprint density at radius 3 is 2.15 bits per heavy atom. The number of hydrogen-bond acceptors (Lipinski definition) is 8. The van der Waals surface area contributed by atoms with Crippen molar-refractivity contribution in [1.82, 2.24) is 10.0 Å². The minimum atomic E-state index is -3.98. The van der Waals surface area contributed by atoms with Gasteiger partial charge in [0.1, 0.15) is 6.04 Å². The number of anilines is 1. The highest BCUT2D eigenvalue weighted by molar-refractivity contribution is 7.99. The van der Waals surface area contributed by atoms with E-state index in [-0.39, 0.29) is 42.6 Å². The van der Waals surface area contributed by atoms with Crippen LogP contribution in [0.3, 0.4) is 0 Å². The first kappa shape index (κ1) is 43.5. The van der Waals surface area contributed by atoms with Gasteiger partial charge in [-0.1, -0.05) is 109 Å². The Morgan fingerprint density at radius 1 is 0.754 bits per heavy atom. The number of aliphatic hydroxyl groups is 1. The quantitative estimate of drug-likeness (QED) is 0.0709. The standard InChI is InChI=1S/C49H49N3O7S2/c1-33-14-24-45(25-15-33)61(56,57)52-46(27-35-8-4-3-5-9-35)48(55)50-30-37-10-6-11-39(26-37)40-12-7-13-41(28-40)49-58-43(29-47(59-49)38-18-16-36(31-53)17-19-38)32-60-44-22-20-42(21-23-44)51-34(2)54/h3-26,28,43,46-47,49,52-53H,27,29-32H2,1-2H3,(H,50,55)(H,51,54)/t43-,46-,47+,49+/m1/s1. The third kappa shape index (κ3) is 12.0. The Bertz CT molecular complexity index is 2520. The lowest BCUT2D eigenvalue weighted by molar-refractivity contribution is -0.245. The molecule has 2 amide bonds. The second-order valence-electron chi connectivity index (χ2n) is 15.1. The van der Waals surface area contributed by atoms with Crippen LogP contribution in [0.4, 0.5) is 5.69 Å². The smallest absolute Gasteiger partial charge is 0.241 e. The van der Waals surface area contributed by atoms with E-state index in [0.717, 1.165) is 55.1 Å². The predicted molar refractivity (Wildman–Crippen MR) is 239 cm³/mol. The van der Waals surface area contributed by atoms with Gasteiger partial charge in [-0.2, -0.15) is 4.72 Å². The van der Waals surface area contributed by atoms with Crippen LogP contribution in [0.15, 0.2) is 161 Å². The molecule has 6 aromatic rings. The van der Waals surface area contributed by atoms with E-state index in [9.17, 15) is 23.1 Å². The second-order valence-corrected chi connectivity index (χ2v) is 17.9. The van der Waals surface area contributed by atoms with Gasteiger partial charge in [0.25, 0.3) is 0 Å². The molecule has 0 unspecified atom stereocenters. The van der Waals surface area contributed by atoms with Crippen molar-refractivity contribution in [3.63, 3.8) is 0 Å². The van der Waals surface area contributed by atoms with E-state index in [1.54, 1.807) is 23.9 Å². The molecule has 1 heterocycles. The number of aliphatic hydroxyl groups excluding tert-OH is 1. The fourth-order valence-corrected chi connectivity index (χ4v) is 9.22. The van der Waals surface area contributed by atoms with Crippen LogP contribution in [0, 0.1) is 6.92 Å². The van der Waals surface area contributed by atoms with Crippen molar-refractivity contribution in [3.8, 4) is 11.1 Å². The Labute approximate surface area is 361 Å². The molecule has 1 aliphatic rings. The zero-order valence-electron chi connectivity index (χ0n) is 34.0. The highest BCUT2D eigenvalue weighted by Gasteiger charge is 2.33. The number of carbonyl (C=O) groups excluding carboxylic acids is 2. The summed E-state index contributed by atoms with van der Waals surface area (Å²) in [6, 6.07) is 46.3. The molecule has 4 atom stereocenters. The van der Waals surface area contributed by atoms with Gasteiger partial charge in [0.15, 0.2) is 6.29 Å². The summed E-state index contributed by atoms with van der Waals surface area (Å²) < 4.78 is 42.7. The average Bonchev–Trinajstić information content (AvgIpc) is 3.28. The summed E-state index contributed by atoms with van der Waals surface area (Å²) in [4.78, 5) is 26.4. The molecule has 7 rings (SSSR count). The van der Waals surface area contributed by atoms with Crippen LogP contribution in [-0.4, -0.2) is 43.2 Å². The third-order valence-electron chi connectivity index (χ3n) is 10.3. The van der Waals surface area contributed by atoms with Gasteiger partial charge < -0.3 is 25.2 Å². The number of amides is 2. The summed E-state index contributed by atoms with van der Waals surface area (Å²) in [5, 5.41) is 15.4. The minimum Gasteiger partial charge on any atom is -0.392 e. The fraction of sp³-hybridized carbons (Fsp3) is 0.224. The van der Waals surface area contributed by atoms with E-state index in [1.807, 2.05) is 128 Å². The molecule has 12 heteroatoms. The van der Waals surface area contributed by atoms with E-state index in [2.05, 4.69) is 21.4 Å². The largest absolute Gasteiger partial charge is 0.392 e. The van der Waals surface area contributed by atoms with Gasteiger partial charge in [-0.05, 0) is 95.3 Å². The van der Waals surface area contributed by atoms with Crippen molar-refractivity contribution >= 4 is 39.3 Å². The van der Waals surface area contributed by atoms with Crippen molar-refractivity contribution in [1.29, 1.82) is 0 Å². The third-order valence-corrected chi connectivity index (χ3v) is 13.0. The van der Waals surface area contributed by atoms with Gasteiger partial charge in [0.05, 0.1) is 23.7 Å². The van der Waals surface area contributed by atoms with Crippen LogP contribution in [0.1, 0.15) is 59.1 Å². The number of aryl methyl sites for hydroxylation is 1. The fourth-order valence-electron chi connectivity index (χ4n) is 7.10. The first-order valence-electron chi connectivity index (χ1n) is 20.1. The Morgan fingerprint density at radius 2 is 1.44 bits per heavy atom. The van der Waals surface area contributed by atoms with E-state index in [0.29, 0.717) is 12.2 Å². The maximum atomic E-state index is 13.7. The number of ether oxygens (including phenoxy) is 2. The normalized spacial score (nSPS) is 17.0. The average molecular weight is 856 g/mol. The summed E-state index contributed by atoms with van der Waals surface area (Å²) in [5.41, 5.74) is 7.89. The zero-order chi connectivity index (χ0) is 42.8. The molecule has 0 aliphatic carbocycles. The molecule has 1 aliphatic heterocycles. The molecule has 61 heavy (non-hydrogen) atoms. The molecule has 0 saturated carbocycles. The number of rotatable bonds is 16. The van der Waals surface area contributed by atoms with Crippen LogP contribution < -0.4 is 15.4 Å². The molecular weight excluding hydrogens is 807 g/mol. The van der Waals surface area contributed by atoms with Gasteiger partial charge in [-0.25, -0.2) is 8.42 Å². The van der Waals surface area contributed by atoms with Crippen molar-refractivity contribution in [2.24, 2.45) is 0 Å². The monoisotopic (exact) mass is 855 g/mol. The molecule has 0 spiro atoms. The highest BCUT2D eigenvalue weighted by Crippen LogP contribution is 2.40. The number of carbonyl (C=O) groups is 2. The molecular formula is C49H49N3O7S2. The van der Waals surface area contributed by atoms with Gasteiger partial charge in [-0.3, -0.25) is 9.59 Å². The number of thioether (sulfide) groups is 1. The number of hydrogen-bond donors (Lipinski definition) is 4. The number of nitrogens with one attached hydrogen (secondary N) is 3. The molecule has 314 valence electrons. The molecule has 1 fully saturated rings. The first-order valence-corrected chi connectivity index (χ1v) is 22.6. The molecule has 4 N–H and O–H groups in total. The Balaban J connectivity index is 1.06. The summed E-state index contributed by atoms with van der Waals surface area (Å²) in [5.74, 6) is 0.124. The van der Waals surface area contributed by atoms with Gasteiger partial charge >= 0.3 is 0 Å². The lowest BCUT2D eigenvalue weighted by atomic mass is 9.99. The number of benzene rings is 6. The van der Waals surface area contributed by atoms with Crippen molar-refractivity contribution in [2.45, 2.75) is 74.2 Å². The molecule has 6 aromatic carbocycles. The second kappa shape index (κ2) is 20.3. The van der Waals surface area contributed by atoms with Crippen LogP contribution in [-0.2, 0) is 48.7 Å². The Hall–Kier alpha value is -5.60. The topological polar surface area (TPSA) is 143 Å². The van der Waals surface area contributed by atoms with E-state index in [1.165, 1.54) is 19.1 Å². The molecule has 0 bridgehead atoms. The zero-order valence-corrected chi connectivity index (χ0v) is 35.6. The van der Waals surface area contributed by atoms with E-state index in [4.69, 9.17) is 9.47 Å². The van der Waals surface area contributed by atoms with Crippen LogP contribution in [0.25, 0.3) is 11.1 Å².